The third-order valence-corrected chi connectivity index (χ3v) is 3.09. The molecule has 0 amide bonds. The number of hydrogen-bond donors (Lipinski definition) is 1. The van der Waals surface area contributed by atoms with Gasteiger partial charge >= 0.3 is 0 Å². The highest BCUT2D eigenvalue weighted by Gasteiger charge is 2.62. The molecule has 3 rings (SSSR count). The van der Waals surface area contributed by atoms with E-state index < -0.39 is 0 Å². The van der Waals surface area contributed by atoms with Crippen LogP contribution in [-0.2, 0) is 0 Å². The fraction of sp³-hybridized carbons (Fsp3) is 1.00. The molecule has 3 aliphatic rings. The minimum absolute atomic E-state index is 0.874. The van der Waals surface area contributed by atoms with E-state index in [1.807, 2.05) is 0 Å². The van der Waals surface area contributed by atoms with Gasteiger partial charge < -0.3 is 5.32 Å². The Labute approximate surface area is 55.2 Å². The maximum absolute atomic E-state index is 3.38. The van der Waals surface area contributed by atoms with Crippen molar-refractivity contribution in [2.45, 2.75) is 24.5 Å². The van der Waals surface area contributed by atoms with Gasteiger partial charge in [0.25, 0.3) is 0 Å². The zero-order chi connectivity index (χ0) is 6.01. The van der Waals surface area contributed by atoms with Crippen molar-refractivity contribution in [3.05, 3.63) is 0 Å². The zero-order valence-corrected chi connectivity index (χ0v) is 5.67. The van der Waals surface area contributed by atoms with E-state index in [9.17, 15) is 0 Å². The van der Waals surface area contributed by atoms with E-state index in [1.54, 1.807) is 0 Å². The molecule has 2 saturated heterocycles. The van der Waals surface area contributed by atoms with Gasteiger partial charge in [-0.2, -0.15) is 0 Å². The van der Waals surface area contributed by atoms with Crippen molar-refractivity contribution in [2.75, 3.05) is 13.6 Å². The van der Waals surface area contributed by atoms with E-state index in [2.05, 4.69) is 17.3 Å². The predicted molar refractivity (Wildman–Crippen MR) is 35.2 cm³/mol. The van der Waals surface area contributed by atoms with Crippen LogP contribution in [0.15, 0.2) is 0 Å². The maximum atomic E-state index is 3.38. The monoisotopic (exact) mass is 124 g/mol. The second kappa shape index (κ2) is 1.18. The van der Waals surface area contributed by atoms with Gasteiger partial charge in [-0.15, -0.1) is 0 Å². The van der Waals surface area contributed by atoms with E-state index >= 15 is 0 Å². The number of likely N-dealkylation sites (tertiary alicyclic amines) is 1. The summed E-state index contributed by atoms with van der Waals surface area (Å²) < 4.78 is 0. The normalized spacial score (nSPS) is 62.3. The van der Waals surface area contributed by atoms with Gasteiger partial charge in [0.1, 0.15) is 0 Å². The van der Waals surface area contributed by atoms with Crippen LogP contribution in [0, 0.1) is 5.92 Å². The standard InChI is InChI=1S/C7H12N2/c1-9-6-2-4(6)7(9)5-3-8-5/h4-8H,2-3H2,1H3. The largest absolute Gasteiger partial charge is 0.310 e. The van der Waals surface area contributed by atoms with Crippen LogP contribution in [0.5, 0.6) is 0 Å². The minimum atomic E-state index is 0.874. The van der Waals surface area contributed by atoms with Crippen molar-refractivity contribution in [3.8, 4) is 0 Å². The van der Waals surface area contributed by atoms with Crippen molar-refractivity contribution < 1.29 is 0 Å². The van der Waals surface area contributed by atoms with E-state index in [4.69, 9.17) is 0 Å². The molecule has 50 valence electrons. The van der Waals surface area contributed by atoms with Crippen molar-refractivity contribution in [1.29, 1.82) is 0 Å². The Morgan fingerprint density at radius 2 is 2.33 bits per heavy atom. The summed E-state index contributed by atoms with van der Waals surface area (Å²) in [5.74, 6) is 1.09. The lowest BCUT2D eigenvalue weighted by molar-refractivity contribution is 0.113. The van der Waals surface area contributed by atoms with Crippen LogP contribution >= 0.6 is 0 Å². The number of nitrogens with zero attached hydrogens (tertiary/aromatic N) is 1. The van der Waals surface area contributed by atoms with Crippen LogP contribution in [0.3, 0.4) is 0 Å². The van der Waals surface area contributed by atoms with Gasteiger partial charge in [0.05, 0.1) is 0 Å². The molecule has 2 aliphatic heterocycles. The summed E-state index contributed by atoms with van der Waals surface area (Å²) in [6.07, 6.45) is 1.49. The Hall–Kier alpha value is -0.0800. The molecule has 0 radical (unpaired) electrons. The van der Waals surface area contributed by atoms with Gasteiger partial charge in [-0.25, -0.2) is 0 Å². The molecule has 2 heterocycles. The van der Waals surface area contributed by atoms with Gasteiger partial charge in [-0.3, -0.25) is 4.90 Å². The van der Waals surface area contributed by atoms with E-state index in [-0.39, 0.29) is 0 Å². The Kier molecular flexibility index (Phi) is 0.616. The van der Waals surface area contributed by atoms with Gasteiger partial charge in [-0.05, 0) is 19.4 Å². The Balaban J connectivity index is 1.78. The molecule has 0 aromatic rings. The lowest BCUT2D eigenvalue weighted by Crippen LogP contribution is -2.50. The summed E-state index contributed by atoms with van der Waals surface area (Å²) >= 11 is 0. The third kappa shape index (κ3) is 0.447. The molecule has 4 unspecified atom stereocenters. The first-order valence-electron chi connectivity index (χ1n) is 3.83. The maximum Gasteiger partial charge on any atom is 0.0352 e. The highest BCUT2D eigenvalue weighted by molar-refractivity contribution is 5.19. The Bertz CT molecular complexity index is 151. The van der Waals surface area contributed by atoms with E-state index in [0.717, 1.165) is 24.0 Å². The smallest absolute Gasteiger partial charge is 0.0352 e. The van der Waals surface area contributed by atoms with Gasteiger partial charge in [0.2, 0.25) is 0 Å². The first-order valence-corrected chi connectivity index (χ1v) is 3.83. The van der Waals surface area contributed by atoms with Crippen LogP contribution in [0.1, 0.15) is 6.42 Å². The van der Waals surface area contributed by atoms with Crippen LogP contribution in [0.4, 0.5) is 0 Å². The van der Waals surface area contributed by atoms with Crippen LogP contribution in [-0.4, -0.2) is 36.6 Å². The Morgan fingerprint density at radius 3 is 2.78 bits per heavy atom. The fourth-order valence-corrected chi connectivity index (χ4v) is 2.35. The predicted octanol–water partition coefficient (Wildman–Crippen LogP) is -0.339. The first kappa shape index (κ1) is 4.69. The second-order valence-electron chi connectivity index (χ2n) is 3.64. The number of nitrogens with one attached hydrogen (secondary N) is 1. The molecular weight excluding hydrogens is 112 g/mol. The Morgan fingerprint density at radius 1 is 1.56 bits per heavy atom. The number of likely N-dealkylation sites (N-methyl/N-ethyl adjacent to an activating group) is 1. The highest BCUT2D eigenvalue weighted by atomic mass is 15.3. The summed E-state index contributed by atoms with van der Waals surface area (Å²) in [6, 6.07) is 2.80. The van der Waals surface area contributed by atoms with Crippen molar-refractivity contribution >= 4 is 0 Å². The fourth-order valence-electron chi connectivity index (χ4n) is 2.35. The summed E-state index contributed by atoms with van der Waals surface area (Å²) in [6.45, 7) is 1.28. The molecule has 9 heavy (non-hydrogen) atoms. The molecule has 4 atom stereocenters. The molecule has 3 fully saturated rings. The SMILES string of the molecule is CN1C2CC2C1C1CN1. The topological polar surface area (TPSA) is 25.2 Å². The summed E-state index contributed by atoms with van der Waals surface area (Å²) in [4.78, 5) is 2.54. The quantitative estimate of drug-likeness (QED) is 0.484. The van der Waals surface area contributed by atoms with E-state index in [0.29, 0.717) is 0 Å². The molecule has 0 spiro atoms. The molecule has 2 heteroatoms. The number of fused-ring (bicyclic) bond motifs is 1. The van der Waals surface area contributed by atoms with Crippen LogP contribution in [0.2, 0.25) is 0 Å². The molecule has 1 N–H and O–H groups in total. The number of hydrogen-bond acceptors (Lipinski definition) is 2. The average molecular weight is 124 g/mol. The lowest BCUT2D eigenvalue weighted by atomic mass is 10.0. The third-order valence-electron chi connectivity index (χ3n) is 3.09. The van der Waals surface area contributed by atoms with Crippen molar-refractivity contribution in [1.82, 2.24) is 10.2 Å². The van der Waals surface area contributed by atoms with Gasteiger partial charge in [-0.1, -0.05) is 0 Å². The summed E-state index contributed by atoms with van der Waals surface area (Å²) in [5.41, 5.74) is 0. The van der Waals surface area contributed by atoms with Gasteiger partial charge in [0.15, 0.2) is 0 Å². The minimum Gasteiger partial charge on any atom is -0.310 e. The van der Waals surface area contributed by atoms with Gasteiger partial charge in [0, 0.05) is 24.7 Å². The van der Waals surface area contributed by atoms with Crippen LogP contribution in [0.25, 0.3) is 0 Å². The summed E-state index contributed by atoms with van der Waals surface area (Å²) in [5, 5.41) is 3.38. The molecular formula is C7H12N2. The second-order valence-corrected chi connectivity index (χ2v) is 3.64. The molecule has 1 aliphatic carbocycles. The number of rotatable bonds is 1. The van der Waals surface area contributed by atoms with Crippen molar-refractivity contribution in [3.63, 3.8) is 0 Å². The molecule has 0 aromatic heterocycles. The first-order chi connectivity index (χ1) is 4.38. The van der Waals surface area contributed by atoms with Crippen LogP contribution < -0.4 is 5.32 Å². The van der Waals surface area contributed by atoms with E-state index in [1.165, 1.54) is 13.0 Å². The lowest BCUT2D eigenvalue weighted by Gasteiger charge is -2.36. The highest BCUT2D eigenvalue weighted by Crippen LogP contribution is 2.52. The molecule has 0 aromatic carbocycles. The molecule has 0 bridgehead atoms. The molecule has 1 saturated carbocycles. The zero-order valence-electron chi connectivity index (χ0n) is 5.67. The van der Waals surface area contributed by atoms with Crippen molar-refractivity contribution in [2.24, 2.45) is 5.92 Å². The average Bonchev–Trinajstić information content (AvgIpc) is 2.63. The molecule has 2 nitrogen and oxygen atoms in total. The summed E-state index contributed by atoms with van der Waals surface area (Å²) in [7, 11) is 2.26.